The van der Waals surface area contributed by atoms with Crippen LogP contribution < -0.4 is 16.0 Å². The first kappa shape index (κ1) is 25.1. The molecule has 0 aromatic rings. The Morgan fingerprint density at radius 3 is 2.50 bits per heavy atom. The summed E-state index contributed by atoms with van der Waals surface area (Å²) in [6.45, 7) is 4.94. The number of alkyl halides is 3. The standard InChI is InChI=1S/C18H31F3N4O2.HI/c1-3-22-16(24-14-7-5-6-13(10-14)18(19,20)21)23-11-15(12-8-9-12)25-17(26)27-4-2;/h12-15H,3-11H2,1-2H3,(H,25,26)(H2,22,23,24);1H. The zero-order chi connectivity index (χ0) is 19.9. The van der Waals surface area contributed by atoms with Gasteiger partial charge in [-0.3, -0.25) is 4.99 Å². The summed E-state index contributed by atoms with van der Waals surface area (Å²) in [6, 6.07) is -0.366. The fraction of sp³-hybridized carbons (Fsp3) is 0.889. The molecule has 3 N–H and O–H groups in total. The van der Waals surface area contributed by atoms with Crippen LogP contribution in [0, 0.1) is 11.8 Å². The SMILES string of the molecule is CCNC(=NCC(NC(=O)OCC)C1CC1)NC1CCCC(C(F)(F)F)C1.I. The molecule has 2 aliphatic rings. The first-order valence-corrected chi connectivity index (χ1v) is 9.88. The largest absolute Gasteiger partial charge is 0.450 e. The van der Waals surface area contributed by atoms with Gasteiger partial charge in [-0.05, 0) is 51.9 Å². The Bertz CT molecular complexity index is 516. The van der Waals surface area contributed by atoms with Crippen LogP contribution in [0.1, 0.15) is 52.4 Å². The van der Waals surface area contributed by atoms with E-state index in [9.17, 15) is 18.0 Å². The number of ether oxygens (including phenoxy) is 1. The minimum Gasteiger partial charge on any atom is -0.450 e. The lowest BCUT2D eigenvalue weighted by Crippen LogP contribution is -2.47. The van der Waals surface area contributed by atoms with Gasteiger partial charge in [0.05, 0.1) is 25.1 Å². The normalized spacial score (nSPS) is 24.0. The second-order valence-corrected chi connectivity index (χ2v) is 7.27. The summed E-state index contributed by atoms with van der Waals surface area (Å²) >= 11 is 0. The number of nitrogens with one attached hydrogen (secondary N) is 3. The van der Waals surface area contributed by atoms with E-state index < -0.39 is 18.2 Å². The minimum absolute atomic E-state index is 0. The minimum atomic E-state index is -4.14. The third-order valence-corrected chi connectivity index (χ3v) is 5.04. The maximum absolute atomic E-state index is 13.0. The lowest BCUT2D eigenvalue weighted by molar-refractivity contribution is -0.183. The third-order valence-electron chi connectivity index (χ3n) is 5.04. The van der Waals surface area contributed by atoms with Crippen molar-refractivity contribution in [1.29, 1.82) is 0 Å². The smallest absolute Gasteiger partial charge is 0.407 e. The van der Waals surface area contributed by atoms with Gasteiger partial charge in [-0.2, -0.15) is 13.2 Å². The Kier molecular flexibility index (Phi) is 10.7. The van der Waals surface area contributed by atoms with Gasteiger partial charge in [-0.25, -0.2) is 4.79 Å². The molecule has 0 saturated heterocycles. The highest BCUT2D eigenvalue weighted by Gasteiger charge is 2.42. The van der Waals surface area contributed by atoms with Crippen molar-refractivity contribution in [3.8, 4) is 0 Å². The number of halogens is 4. The molecule has 1 amide bonds. The molecule has 0 aromatic heterocycles. The molecular weight excluding hydrogens is 488 g/mol. The number of rotatable bonds is 7. The monoisotopic (exact) mass is 520 g/mol. The van der Waals surface area contributed by atoms with Gasteiger partial charge in [0.25, 0.3) is 0 Å². The molecule has 2 fully saturated rings. The number of hydrogen-bond donors (Lipinski definition) is 3. The number of aliphatic imine (C=N–C) groups is 1. The second-order valence-electron chi connectivity index (χ2n) is 7.27. The van der Waals surface area contributed by atoms with E-state index >= 15 is 0 Å². The maximum Gasteiger partial charge on any atom is 0.407 e. The van der Waals surface area contributed by atoms with Gasteiger partial charge in [-0.1, -0.05) is 6.42 Å². The van der Waals surface area contributed by atoms with Crippen molar-refractivity contribution >= 4 is 36.0 Å². The van der Waals surface area contributed by atoms with Crippen molar-refractivity contribution in [2.75, 3.05) is 19.7 Å². The second kappa shape index (κ2) is 11.9. The van der Waals surface area contributed by atoms with E-state index in [0.29, 0.717) is 44.4 Å². The number of carbonyl (C=O) groups is 1. The van der Waals surface area contributed by atoms with Gasteiger partial charge in [0.1, 0.15) is 0 Å². The molecule has 10 heteroatoms. The van der Waals surface area contributed by atoms with Crippen LogP contribution in [0.3, 0.4) is 0 Å². The Morgan fingerprint density at radius 2 is 1.93 bits per heavy atom. The molecule has 2 saturated carbocycles. The molecule has 6 nitrogen and oxygen atoms in total. The van der Waals surface area contributed by atoms with E-state index in [1.54, 1.807) is 6.92 Å². The zero-order valence-electron chi connectivity index (χ0n) is 16.5. The molecule has 0 aromatic carbocycles. The molecule has 2 rings (SSSR count). The predicted octanol–water partition coefficient (Wildman–Crippen LogP) is 3.81. The summed E-state index contributed by atoms with van der Waals surface area (Å²) in [5.41, 5.74) is 0. The molecule has 3 atom stereocenters. The molecule has 3 unspecified atom stereocenters. The van der Waals surface area contributed by atoms with Crippen LogP contribution in [-0.2, 0) is 4.74 Å². The van der Waals surface area contributed by atoms with Gasteiger partial charge in [0.2, 0.25) is 0 Å². The highest BCUT2D eigenvalue weighted by molar-refractivity contribution is 14.0. The number of amides is 1. The quantitative estimate of drug-likeness (QED) is 0.271. The van der Waals surface area contributed by atoms with Crippen LogP contribution in [0.4, 0.5) is 18.0 Å². The van der Waals surface area contributed by atoms with Crippen molar-refractivity contribution in [2.24, 2.45) is 16.8 Å². The van der Waals surface area contributed by atoms with Crippen LogP contribution in [0.25, 0.3) is 0 Å². The summed E-state index contributed by atoms with van der Waals surface area (Å²) in [5, 5.41) is 9.07. The number of guanidine groups is 1. The molecule has 28 heavy (non-hydrogen) atoms. The van der Waals surface area contributed by atoms with E-state index in [0.717, 1.165) is 12.8 Å². The molecule has 0 heterocycles. The summed E-state index contributed by atoms with van der Waals surface area (Å²) in [4.78, 5) is 16.2. The lowest BCUT2D eigenvalue weighted by Gasteiger charge is -2.32. The van der Waals surface area contributed by atoms with E-state index in [4.69, 9.17) is 4.74 Å². The van der Waals surface area contributed by atoms with Crippen molar-refractivity contribution in [2.45, 2.75) is 70.6 Å². The number of hydrogen-bond acceptors (Lipinski definition) is 3. The van der Waals surface area contributed by atoms with Gasteiger partial charge in [0.15, 0.2) is 5.96 Å². The van der Waals surface area contributed by atoms with Crippen LogP contribution >= 0.6 is 24.0 Å². The molecular formula is C18H32F3IN4O2. The number of carbonyl (C=O) groups excluding carboxylic acids is 1. The average molecular weight is 520 g/mol. The van der Waals surface area contributed by atoms with Crippen molar-refractivity contribution < 1.29 is 22.7 Å². The van der Waals surface area contributed by atoms with Gasteiger partial charge >= 0.3 is 12.3 Å². The van der Waals surface area contributed by atoms with Gasteiger partial charge in [-0.15, -0.1) is 24.0 Å². The van der Waals surface area contributed by atoms with Crippen LogP contribution in [0.2, 0.25) is 0 Å². The third kappa shape index (κ3) is 8.60. The van der Waals surface area contributed by atoms with Gasteiger partial charge < -0.3 is 20.7 Å². The Balaban J connectivity index is 0.00000392. The Morgan fingerprint density at radius 1 is 1.21 bits per heavy atom. The predicted molar refractivity (Wildman–Crippen MR) is 113 cm³/mol. The molecule has 0 aliphatic heterocycles. The van der Waals surface area contributed by atoms with E-state index in [-0.39, 0.29) is 48.9 Å². The molecule has 0 spiro atoms. The highest BCUT2D eigenvalue weighted by Crippen LogP contribution is 2.37. The summed E-state index contributed by atoms with van der Waals surface area (Å²) < 4.78 is 44.0. The Hall–Kier alpha value is -0.940. The summed E-state index contributed by atoms with van der Waals surface area (Å²) in [7, 11) is 0. The zero-order valence-corrected chi connectivity index (χ0v) is 18.8. The highest BCUT2D eigenvalue weighted by atomic mass is 127. The number of nitrogens with zero attached hydrogens (tertiary/aromatic N) is 1. The maximum atomic E-state index is 13.0. The van der Waals surface area contributed by atoms with E-state index in [1.165, 1.54) is 0 Å². The van der Waals surface area contributed by atoms with Gasteiger partial charge in [0, 0.05) is 12.6 Å². The van der Waals surface area contributed by atoms with Crippen LogP contribution in [0.5, 0.6) is 0 Å². The topological polar surface area (TPSA) is 74.8 Å². The average Bonchev–Trinajstić information content (AvgIpc) is 3.43. The fourth-order valence-corrected chi connectivity index (χ4v) is 3.46. The van der Waals surface area contributed by atoms with E-state index in [2.05, 4.69) is 20.9 Å². The molecule has 0 bridgehead atoms. The molecule has 2 aliphatic carbocycles. The molecule has 0 radical (unpaired) electrons. The molecule has 164 valence electrons. The van der Waals surface area contributed by atoms with Crippen molar-refractivity contribution in [3.63, 3.8) is 0 Å². The first-order valence-electron chi connectivity index (χ1n) is 9.88. The first-order chi connectivity index (χ1) is 12.8. The fourth-order valence-electron chi connectivity index (χ4n) is 3.46. The van der Waals surface area contributed by atoms with Crippen molar-refractivity contribution in [1.82, 2.24) is 16.0 Å². The Labute approximate surface area is 181 Å². The van der Waals surface area contributed by atoms with Crippen LogP contribution in [0.15, 0.2) is 4.99 Å². The van der Waals surface area contributed by atoms with E-state index in [1.807, 2.05) is 6.92 Å². The van der Waals surface area contributed by atoms with Crippen LogP contribution in [-0.4, -0.2) is 50.0 Å². The lowest BCUT2D eigenvalue weighted by atomic mass is 9.85. The summed E-state index contributed by atoms with van der Waals surface area (Å²) in [5.74, 6) is -0.372. The number of alkyl carbamates (subject to hydrolysis) is 1. The van der Waals surface area contributed by atoms with Crippen molar-refractivity contribution in [3.05, 3.63) is 0 Å². The summed E-state index contributed by atoms with van der Waals surface area (Å²) in [6.07, 6.45) is -1.01.